The highest BCUT2D eigenvalue weighted by Crippen LogP contribution is 2.00. The van der Waals surface area contributed by atoms with Crippen LogP contribution in [0.5, 0.6) is 0 Å². The highest BCUT2D eigenvalue weighted by molar-refractivity contribution is 5.75. The second kappa shape index (κ2) is 6.50. The van der Waals surface area contributed by atoms with E-state index in [4.69, 9.17) is 12.2 Å². The Morgan fingerprint density at radius 3 is 2.62 bits per heavy atom. The molecule has 74 valence electrons. The molecule has 0 radical (unpaired) electrons. The zero-order chi connectivity index (χ0) is 10.3. The second-order valence-corrected chi connectivity index (χ2v) is 3.34. The van der Waals surface area contributed by atoms with Crippen molar-refractivity contribution in [1.29, 1.82) is 0 Å². The van der Waals surface area contributed by atoms with Crippen molar-refractivity contribution >= 4 is 5.91 Å². The van der Waals surface area contributed by atoms with Gasteiger partial charge in [-0.15, -0.1) is 12.3 Å². The summed E-state index contributed by atoms with van der Waals surface area (Å²) in [6.45, 7) is 5.24. The minimum Gasteiger partial charge on any atom is -0.369 e. The van der Waals surface area contributed by atoms with Crippen LogP contribution in [0.4, 0.5) is 0 Å². The number of hydrogen-bond acceptors (Lipinski definition) is 2. The van der Waals surface area contributed by atoms with Crippen LogP contribution >= 0.6 is 0 Å². The van der Waals surface area contributed by atoms with Crippen LogP contribution in [0.2, 0.25) is 0 Å². The van der Waals surface area contributed by atoms with Crippen molar-refractivity contribution in [3.8, 4) is 12.3 Å². The third-order valence-electron chi connectivity index (χ3n) is 1.86. The zero-order valence-electron chi connectivity index (χ0n) is 8.42. The summed E-state index contributed by atoms with van der Waals surface area (Å²) in [5.74, 6) is 2.29. The summed E-state index contributed by atoms with van der Waals surface area (Å²) in [4.78, 5) is 12.7. The lowest BCUT2D eigenvalue weighted by molar-refractivity contribution is -0.119. The number of nitrogens with zero attached hydrogens (tertiary/aromatic N) is 1. The Bertz CT molecular complexity index is 194. The topological polar surface area (TPSA) is 46.3 Å². The lowest BCUT2D eigenvalue weighted by Crippen LogP contribution is -2.39. The SMILES string of the molecule is C#CCCCN(CC(N)=O)C(C)C. The van der Waals surface area contributed by atoms with E-state index in [1.54, 1.807) is 0 Å². The smallest absolute Gasteiger partial charge is 0.231 e. The van der Waals surface area contributed by atoms with Crippen LogP contribution in [-0.2, 0) is 4.79 Å². The van der Waals surface area contributed by atoms with Crippen LogP contribution in [-0.4, -0.2) is 29.9 Å². The van der Waals surface area contributed by atoms with Gasteiger partial charge in [-0.2, -0.15) is 0 Å². The maximum absolute atomic E-state index is 10.7. The first-order chi connectivity index (χ1) is 6.07. The van der Waals surface area contributed by atoms with E-state index in [1.165, 1.54) is 0 Å². The van der Waals surface area contributed by atoms with Gasteiger partial charge in [0.15, 0.2) is 0 Å². The molecule has 0 atom stereocenters. The molecule has 0 aromatic rings. The molecule has 0 unspecified atom stereocenters. The molecule has 0 rings (SSSR count). The van der Waals surface area contributed by atoms with Crippen molar-refractivity contribution in [1.82, 2.24) is 4.90 Å². The Balaban J connectivity index is 3.82. The summed E-state index contributed by atoms with van der Waals surface area (Å²) < 4.78 is 0. The molecule has 0 fully saturated rings. The molecule has 0 aliphatic carbocycles. The van der Waals surface area contributed by atoms with Gasteiger partial charge < -0.3 is 5.73 Å². The molecule has 0 aliphatic heterocycles. The average Bonchev–Trinajstić information content (AvgIpc) is 2.02. The van der Waals surface area contributed by atoms with Gasteiger partial charge in [-0.1, -0.05) is 0 Å². The second-order valence-electron chi connectivity index (χ2n) is 3.34. The van der Waals surface area contributed by atoms with Gasteiger partial charge in [0.2, 0.25) is 5.91 Å². The third kappa shape index (κ3) is 6.18. The lowest BCUT2D eigenvalue weighted by Gasteiger charge is -2.24. The fraction of sp³-hybridized carbons (Fsp3) is 0.700. The summed E-state index contributed by atoms with van der Waals surface area (Å²) in [6, 6.07) is 0.338. The molecule has 0 bridgehead atoms. The molecule has 0 saturated carbocycles. The predicted molar refractivity (Wildman–Crippen MR) is 54.0 cm³/mol. The molecule has 13 heavy (non-hydrogen) atoms. The van der Waals surface area contributed by atoms with Crippen molar-refractivity contribution in [2.75, 3.05) is 13.1 Å². The Morgan fingerprint density at radius 1 is 1.62 bits per heavy atom. The molecule has 3 heteroatoms. The Kier molecular flexibility index (Phi) is 5.99. The van der Waals surface area contributed by atoms with Gasteiger partial charge in [-0.3, -0.25) is 9.69 Å². The van der Waals surface area contributed by atoms with Gasteiger partial charge >= 0.3 is 0 Å². The van der Waals surface area contributed by atoms with Crippen molar-refractivity contribution in [2.45, 2.75) is 32.7 Å². The number of rotatable bonds is 6. The Morgan fingerprint density at radius 2 is 2.23 bits per heavy atom. The summed E-state index contributed by atoms with van der Waals surface area (Å²) >= 11 is 0. The van der Waals surface area contributed by atoms with Crippen LogP contribution in [0.3, 0.4) is 0 Å². The van der Waals surface area contributed by atoms with Gasteiger partial charge in [-0.25, -0.2) is 0 Å². The van der Waals surface area contributed by atoms with Gasteiger partial charge in [0.05, 0.1) is 6.54 Å². The van der Waals surface area contributed by atoms with E-state index in [2.05, 4.69) is 5.92 Å². The highest BCUT2D eigenvalue weighted by atomic mass is 16.1. The van der Waals surface area contributed by atoms with Crippen LogP contribution in [0.1, 0.15) is 26.7 Å². The number of primary amides is 1. The van der Waals surface area contributed by atoms with E-state index in [0.29, 0.717) is 12.6 Å². The largest absolute Gasteiger partial charge is 0.369 e. The number of nitrogens with two attached hydrogens (primary N) is 1. The third-order valence-corrected chi connectivity index (χ3v) is 1.86. The summed E-state index contributed by atoms with van der Waals surface area (Å²) in [6.07, 6.45) is 6.80. The first-order valence-electron chi connectivity index (χ1n) is 4.53. The number of hydrogen-bond donors (Lipinski definition) is 1. The first-order valence-corrected chi connectivity index (χ1v) is 4.53. The van der Waals surface area contributed by atoms with Gasteiger partial charge in [-0.05, 0) is 26.8 Å². The highest BCUT2D eigenvalue weighted by Gasteiger charge is 2.10. The van der Waals surface area contributed by atoms with E-state index in [-0.39, 0.29) is 5.91 Å². The summed E-state index contributed by atoms with van der Waals surface area (Å²) in [5, 5.41) is 0. The monoisotopic (exact) mass is 182 g/mol. The van der Waals surface area contributed by atoms with Gasteiger partial charge in [0, 0.05) is 12.5 Å². The fourth-order valence-electron chi connectivity index (χ4n) is 1.10. The predicted octanol–water partition coefficient (Wildman–Crippen LogP) is 0.596. The van der Waals surface area contributed by atoms with Crippen molar-refractivity contribution in [3.05, 3.63) is 0 Å². The van der Waals surface area contributed by atoms with Crippen LogP contribution in [0.15, 0.2) is 0 Å². The maximum atomic E-state index is 10.7. The van der Waals surface area contributed by atoms with E-state index in [9.17, 15) is 4.79 Å². The normalized spacial score (nSPS) is 10.4. The van der Waals surface area contributed by atoms with Crippen molar-refractivity contribution in [3.63, 3.8) is 0 Å². The lowest BCUT2D eigenvalue weighted by atomic mass is 10.2. The molecular weight excluding hydrogens is 164 g/mol. The molecule has 0 heterocycles. The number of amides is 1. The quantitative estimate of drug-likeness (QED) is 0.483. The van der Waals surface area contributed by atoms with Crippen molar-refractivity contribution in [2.24, 2.45) is 5.73 Å². The van der Waals surface area contributed by atoms with E-state index in [0.717, 1.165) is 19.4 Å². The average molecular weight is 182 g/mol. The van der Waals surface area contributed by atoms with Crippen LogP contribution < -0.4 is 5.73 Å². The van der Waals surface area contributed by atoms with Gasteiger partial charge in [0.1, 0.15) is 0 Å². The molecule has 0 aromatic carbocycles. The standard InChI is InChI=1S/C10H18N2O/c1-4-5-6-7-12(9(2)3)8-10(11)13/h1,9H,5-8H2,2-3H3,(H2,11,13). The number of unbranched alkanes of at least 4 members (excludes halogenated alkanes) is 1. The van der Waals surface area contributed by atoms with Crippen molar-refractivity contribution < 1.29 is 4.79 Å². The maximum Gasteiger partial charge on any atom is 0.231 e. The molecule has 0 saturated heterocycles. The summed E-state index contributed by atoms with van der Waals surface area (Å²) in [7, 11) is 0. The molecule has 2 N–H and O–H groups in total. The minimum absolute atomic E-state index is 0.283. The van der Waals surface area contributed by atoms with E-state index in [1.807, 2.05) is 18.7 Å². The number of carbonyl (C=O) groups is 1. The van der Waals surface area contributed by atoms with Crippen LogP contribution in [0.25, 0.3) is 0 Å². The van der Waals surface area contributed by atoms with Crippen LogP contribution in [0, 0.1) is 12.3 Å². The molecule has 0 spiro atoms. The zero-order valence-corrected chi connectivity index (χ0v) is 8.42. The minimum atomic E-state index is -0.283. The molecule has 0 aromatic heterocycles. The first kappa shape index (κ1) is 12.0. The fourth-order valence-corrected chi connectivity index (χ4v) is 1.10. The van der Waals surface area contributed by atoms with E-state index >= 15 is 0 Å². The molecule has 1 amide bonds. The summed E-state index contributed by atoms with van der Waals surface area (Å²) in [5.41, 5.74) is 5.11. The Labute approximate surface area is 80.3 Å². The van der Waals surface area contributed by atoms with E-state index < -0.39 is 0 Å². The number of terminal acetylenes is 1. The Hall–Kier alpha value is -1.01. The molecule has 3 nitrogen and oxygen atoms in total. The molecule has 0 aliphatic rings. The molecular formula is C10H18N2O. The van der Waals surface area contributed by atoms with Gasteiger partial charge in [0.25, 0.3) is 0 Å². The number of carbonyl (C=O) groups excluding carboxylic acids is 1.